The zero-order chi connectivity index (χ0) is 13.1. The second kappa shape index (κ2) is 5.18. The number of nitrogens with one attached hydrogen (secondary N) is 2. The standard InChI is InChI=1S/C12H14ClN5/c1-7-4-5-8(2)9(6-7)15-12-17-10(13)16-11(14-3)18-12/h4-6H,1-3H3,(H2,14,15,16,17,18). The molecule has 0 fully saturated rings. The zero-order valence-corrected chi connectivity index (χ0v) is 11.2. The number of aryl methyl sites for hydroxylation is 2. The van der Waals surface area contributed by atoms with E-state index in [-0.39, 0.29) is 5.28 Å². The molecule has 0 aliphatic carbocycles. The van der Waals surface area contributed by atoms with Crippen LogP contribution in [0.1, 0.15) is 11.1 Å². The molecule has 6 heteroatoms. The van der Waals surface area contributed by atoms with Gasteiger partial charge in [-0.3, -0.25) is 0 Å². The molecule has 0 radical (unpaired) electrons. The molecule has 0 aliphatic heterocycles. The SMILES string of the molecule is CNc1nc(Cl)nc(Nc2cc(C)ccc2C)n1. The van der Waals surface area contributed by atoms with Gasteiger partial charge in [-0.15, -0.1) is 0 Å². The Balaban J connectivity index is 2.33. The van der Waals surface area contributed by atoms with Crippen molar-refractivity contribution in [2.24, 2.45) is 0 Å². The molecule has 0 saturated carbocycles. The van der Waals surface area contributed by atoms with Crippen molar-refractivity contribution in [1.82, 2.24) is 15.0 Å². The molecular formula is C12H14ClN5. The third-order valence-electron chi connectivity index (χ3n) is 2.47. The van der Waals surface area contributed by atoms with Crippen molar-refractivity contribution in [2.45, 2.75) is 13.8 Å². The Bertz CT molecular complexity index is 570. The molecule has 0 amide bonds. The Hall–Kier alpha value is -1.88. The van der Waals surface area contributed by atoms with Crippen LogP contribution in [0, 0.1) is 13.8 Å². The second-order valence-corrected chi connectivity index (χ2v) is 4.28. The summed E-state index contributed by atoms with van der Waals surface area (Å²) in [4.78, 5) is 12.2. The first kappa shape index (κ1) is 12.6. The number of aromatic nitrogens is 3. The largest absolute Gasteiger partial charge is 0.357 e. The van der Waals surface area contributed by atoms with Gasteiger partial charge in [-0.1, -0.05) is 12.1 Å². The molecule has 94 valence electrons. The van der Waals surface area contributed by atoms with Crippen LogP contribution in [0.25, 0.3) is 0 Å². The van der Waals surface area contributed by atoms with Gasteiger partial charge in [-0.2, -0.15) is 15.0 Å². The van der Waals surface area contributed by atoms with Crippen molar-refractivity contribution >= 4 is 29.2 Å². The van der Waals surface area contributed by atoms with E-state index in [2.05, 4.69) is 31.7 Å². The number of benzene rings is 1. The van der Waals surface area contributed by atoms with E-state index in [9.17, 15) is 0 Å². The van der Waals surface area contributed by atoms with Crippen LogP contribution >= 0.6 is 11.6 Å². The summed E-state index contributed by atoms with van der Waals surface area (Å²) in [7, 11) is 1.73. The predicted octanol–water partition coefficient (Wildman–Crippen LogP) is 2.93. The zero-order valence-electron chi connectivity index (χ0n) is 10.5. The quantitative estimate of drug-likeness (QED) is 0.892. The van der Waals surface area contributed by atoms with E-state index in [1.807, 2.05) is 26.0 Å². The second-order valence-electron chi connectivity index (χ2n) is 3.95. The van der Waals surface area contributed by atoms with Gasteiger partial charge in [0.15, 0.2) is 0 Å². The lowest BCUT2D eigenvalue weighted by Crippen LogP contribution is -2.04. The Labute approximate surface area is 111 Å². The Morgan fingerprint density at radius 3 is 2.50 bits per heavy atom. The molecule has 0 aliphatic rings. The maximum Gasteiger partial charge on any atom is 0.233 e. The van der Waals surface area contributed by atoms with Crippen molar-refractivity contribution in [1.29, 1.82) is 0 Å². The molecular weight excluding hydrogens is 250 g/mol. The van der Waals surface area contributed by atoms with E-state index in [1.165, 1.54) is 0 Å². The molecule has 0 spiro atoms. The highest BCUT2D eigenvalue weighted by Gasteiger charge is 2.05. The van der Waals surface area contributed by atoms with Crippen LogP contribution in [-0.2, 0) is 0 Å². The molecule has 2 N–H and O–H groups in total. The highest BCUT2D eigenvalue weighted by molar-refractivity contribution is 6.28. The Kier molecular flexibility index (Phi) is 3.62. The number of hydrogen-bond acceptors (Lipinski definition) is 5. The summed E-state index contributed by atoms with van der Waals surface area (Å²) in [5.74, 6) is 0.857. The summed E-state index contributed by atoms with van der Waals surface area (Å²) in [6.07, 6.45) is 0. The molecule has 2 aromatic rings. The van der Waals surface area contributed by atoms with Crippen LogP contribution in [0.15, 0.2) is 18.2 Å². The van der Waals surface area contributed by atoms with Gasteiger partial charge in [0.25, 0.3) is 0 Å². The Morgan fingerprint density at radius 2 is 1.78 bits per heavy atom. The van der Waals surface area contributed by atoms with Crippen molar-refractivity contribution in [3.63, 3.8) is 0 Å². The van der Waals surface area contributed by atoms with Gasteiger partial charge < -0.3 is 10.6 Å². The first-order valence-electron chi connectivity index (χ1n) is 5.52. The van der Waals surface area contributed by atoms with Crippen LogP contribution in [0.3, 0.4) is 0 Å². The average molecular weight is 264 g/mol. The van der Waals surface area contributed by atoms with E-state index in [0.29, 0.717) is 11.9 Å². The van der Waals surface area contributed by atoms with E-state index in [1.54, 1.807) is 7.05 Å². The lowest BCUT2D eigenvalue weighted by molar-refractivity contribution is 1.05. The van der Waals surface area contributed by atoms with Gasteiger partial charge in [0.05, 0.1) is 0 Å². The van der Waals surface area contributed by atoms with Gasteiger partial charge in [-0.25, -0.2) is 0 Å². The molecule has 5 nitrogen and oxygen atoms in total. The molecule has 0 unspecified atom stereocenters. The number of hydrogen-bond donors (Lipinski definition) is 2. The minimum Gasteiger partial charge on any atom is -0.357 e. The monoisotopic (exact) mass is 263 g/mol. The van der Waals surface area contributed by atoms with Crippen molar-refractivity contribution in [2.75, 3.05) is 17.7 Å². The van der Waals surface area contributed by atoms with E-state index < -0.39 is 0 Å². The summed E-state index contributed by atoms with van der Waals surface area (Å²) in [6, 6.07) is 6.13. The third-order valence-corrected chi connectivity index (χ3v) is 2.64. The van der Waals surface area contributed by atoms with Gasteiger partial charge in [0, 0.05) is 12.7 Å². The fourth-order valence-corrected chi connectivity index (χ4v) is 1.67. The summed E-state index contributed by atoms with van der Waals surface area (Å²) >= 11 is 5.82. The van der Waals surface area contributed by atoms with Crippen LogP contribution < -0.4 is 10.6 Å². The molecule has 0 saturated heterocycles. The topological polar surface area (TPSA) is 62.7 Å². The van der Waals surface area contributed by atoms with E-state index >= 15 is 0 Å². The van der Waals surface area contributed by atoms with Crippen LogP contribution in [0.2, 0.25) is 5.28 Å². The lowest BCUT2D eigenvalue weighted by atomic mass is 10.1. The maximum atomic E-state index is 5.82. The first-order chi connectivity index (χ1) is 8.58. The predicted molar refractivity (Wildman–Crippen MR) is 73.6 cm³/mol. The average Bonchev–Trinajstić information content (AvgIpc) is 2.33. The van der Waals surface area contributed by atoms with Gasteiger partial charge >= 0.3 is 0 Å². The van der Waals surface area contributed by atoms with E-state index in [0.717, 1.165) is 16.8 Å². The highest BCUT2D eigenvalue weighted by atomic mass is 35.5. The summed E-state index contributed by atoms with van der Waals surface area (Å²) in [5.41, 5.74) is 3.24. The van der Waals surface area contributed by atoms with Crippen LogP contribution in [-0.4, -0.2) is 22.0 Å². The number of halogens is 1. The van der Waals surface area contributed by atoms with Gasteiger partial charge in [0.2, 0.25) is 17.2 Å². The minimum atomic E-state index is 0.155. The summed E-state index contributed by atoms with van der Waals surface area (Å²) in [6.45, 7) is 4.05. The molecule has 1 heterocycles. The summed E-state index contributed by atoms with van der Waals surface area (Å²) < 4.78 is 0. The minimum absolute atomic E-state index is 0.155. The van der Waals surface area contributed by atoms with Crippen molar-refractivity contribution in [3.8, 4) is 0 Å². The first-order valence-corrected chi connectivity index (χ1v) is 5.90. The molecule has 0 atom stereocenters. The molecule has 0 bridgehead atoms. The molecule has 2 rings (SSSR count). The van der Waals surface area contributed by atoms with Gasteiger partial charge in [-0.05, 0) is 42.6 Å². The Morgan fingerprint density at radius 1 is 1.06 bits per heavy atom. The summed E-state index contributed by atoms with van der Waals surface area (Å²) in [5, 5.41) is 6.13. The fourth-order valence-electron chi connectivity index (χ4n) is 1.51. The third kappa shape index (κ3) is 2.87. The van der Waals surface area contributed by atoms with Gasteiger partial charge in [0.1, 0.15) is 0 Å². The maximum absolute atomic E-state index is 5.82. The highest BCUT2D eigenvalue weighted by Crippen LogP contribution is 2.20. The van der Waals surface area contributed by atoms with Crippen LogP contribution in [0.4, 0.5) is 17.6 Å². The van der Waals surface area contributed by atoms with Crippen molar-refractivity contribution in [3.05, 3.63) is 34.6 Å². The number of nitrogens with zero attached hydrogens (tertiary/aromatic N) is 3. The normalized spacial score (nSPS) is 10.2. The molecule has 1 aromatic heterocycles. The number of rotatable bonds is 3. The fraction of sp³-hybridized carbons (Fsp3) is 0.250. The lowest BCUT2D eigenvalue weighted by Gasteiger charge is -2.09. The smallest absolute Gasteiger partial charge is 0.233 e. The van der Waals surface area contributed by atoms with Crippen molar-refractivity contribution < 1.29 is 0 Å². The van der Waals surface area contributed by atoms with Crippen LogP contribution in [0.5, 0.6) is 0 Å². The molecule has 18 heavy (non-hydrogen) atoms. The molecule has 1 aromatic carbocycles. The van der Waals surface area contributed by atoms with E-state index in [4.69, 9.17) is 11.6 Å². The number of anilines is 3.